The van der Waals surface area contributed by atoms with Gasteiger partial charge in [-0.05, 0) is 49.8 Å². The molecular weight excluding hydrogens is 408 g/mol. The molecule has 164 valence electrons. The Balaban J connectivity index is 1.94. The van der Waals surface area contributed by atoms with E-state index in [-0.39, 0.29) is 16.8 Å². The minimum atomic E-state index is -0.674. The number of benzene rings is 2. The van der Waals surface area contributed by atoms with Crippen molar-refractivity contribution in [3.8, 4) is 23.3 Å². The number of aromatic nitrogens is 2. The predicted octanol–water partition coefficient (Wildman–Crippen LogP) is 3.44. The molecule has 8 nitrogen and oxygen atoms in total. The van der Waals surface area contributed by atoms with E-state index < -0.39 is 5.91 Å². The van der Waals surface area contributed by atoms with Crippen molar-refractivity contribution < 1.29 is 14.3 Å². The van der Waals surface area contributed by atoms with E-state index in [0.29, 0.717) is 35.1 Å². The molecule has 1 amide bonds. The lowest BCUT2D eigenvalue weighted by atomic mass is 10.1. The van der Waals surface area contributed by atoms with Gasteiger partial charge in [-0.15, -0.1) is 0 Å². The van der Waals surface area contributed by atoms with Crippen LogP contribution in [0.15, 0.2) is 58.9 Å². The molecule has 3 rings (SSSR count). The number of nitrogens with zero attached hydrogens (tertiary/aromatic N) is 3. The van der Waals surface area contributed by atoms with Crippen LogP contribution in [0.25, 0.3) is 11.8 Å². The van der Waals surface area contributed by atoms with Gasteiger partial charge in [0.05, 0.1) is 25.1 Å². The molecule has 0 atom stereocenters. The SMILES string of the molecule is CCOc1cc(C=C(C#N)C(=O)Nc2c(C)n(C)n(-c3ccccc3)c2=O)ccc1OC. The molecule has 0 aliphatic rings. The third kappa shape index (κ3) is 4.42. The lowest BCUT2D eigenvalue weighted by molar-refractivity contribution is -0.112. The van der Waals surface area contributed by atoms with Gasteiger partial charge in [0.2, 0.25) is 0 Å². The fraction of sp³-hybridized carbons (Fsp3) is 0.208. The Morgan fingerprint density at radius 2 is 1.91 bits per heavy atom. The Labute approximate surface area is 185 Å². The summed E-state index contributed by atoms with van der Waals surface area (Å²) >= 11 is 0. The number of nitriles is 1. The summed E-state index contributed by atoms with van der Waals surface area (Å²) in [5.74, 6) is 0.381. The molecule has 0 spiro atoms. The first-order valence-corrected chi connectivity index (χ1v) is 9.99. The quantitative estimate of drug-likeness (QED) is 0.456. The monoisotopic (exact) mass is 432 g/mol. The molecule has 0 aliphatic carbocycles. The maximum absolute atomic E-state index is 13.0. The second-order valence-corrected chi connectivity index (χ2v) is 6.90. The first kappa shape index (κ1) is 22.4. The van der Waals surface area contributed by atoms with Crippen LogP contribution in [0.3, 0.4) is 0 Å². The number of para-hydroxylation sites is 1. The second-order valence-electron chi connectivity index (χ2n) is 6.90. The Morgan fingerprint density at radius 1 is 1.19 bits per heavy atom. The van der Waals surface area contributed by atoms with Crippen LogP contribution in [0.2, 0.25) is 0 Å². The summed E-state index contributed by atoms with van der Waals surface area (Å²) in [5.41, 5.74) is 1.41. The van der Waals surface area contributed by atoms with Crippen molar-refractivity contribution in [1.29, 1.82) is 5.26 Å². The molecule has 0 bridgehead atoms. The Kier molecular flexibility index (Phi) is 6.80. The summed E-state index contributed by atoms with van der Waals surface area (Å²) in [6.45, 7) is 4.01. The molecule has 0 radical (unpaired) electrons. The standard InChI is InChI=1S/C24H24N4O4/c1-5-32-21-14-17(11-12-20(21)31-4)13-18(15-25)23(29)26-22-16(2)27(3)28(24(22)30)19-9-7-6-8-10-19/h6-14H,5H2,1-4H3,(H,26,29). The number of rotatable bonds is 7. The summed E-state index contributed by atoms with van der Waals surface area (Å²) in [5, 5.41) is 12.2. The van der Waals surface area contributed by atoms with Gasteiger partial charge in [-0.2, -0.15) is 5.26 Å². The van der Waals surface area contributed by atoms with Crippen molar-refractivity contribution in [1.82, 2.24) is 9.36 Å². The third-order valence-corrected chi connectivity index (χ3v) is 4.96. The summed E-state index contributed by atoms with van der Waals surface area (Å²) in [6, 6.07) is 16.1. The van der Waals surface area contributed by atoms with E-state index in [1.807, 2.05) is 31.2 Å². The van der Waals surface area contributed by atoms with E-state index in [0.717, 1.165) is 0 Å². The molecular formula is C24H24N4O4. The van der Waals surface area contributed by atoms with Gasteiger partial charge in [0, 0.05) is 7.05 Å². The van der Waals surface area contributed by atoms with Gasteiger partial charge in [0.25, 0.3) is 11.5 Å². The highest BCUT2D eigenvalue weighted by Gasteiger charge is 2.20. The minimum absolute atomic E-state index is 0.118. The smallest absolute Gasteiger partial charge is 0.295 e. The molecule has 0 aliphatic heterocycles. The van der Waals surface area contributed by atoms with Crippen molar-refractivity contribution in [3.63, 3.8) is 0 Å². The Bertz CT molecular complexity index is 1260. The average Bonchev–Trinajstić information content (AvgIpc) is 3.01. The molecule has 0 saturated heterocycles. The van der Waals surface area contributed by atoms with E-state index in [9.17, 15) is 14.9 Å². The number of methoxy groups -OCH3 is 1. The maximum Gasteiger partial charge on any atom is 0.295 e. The zero-order chi connectivity index (χ0) is 23.3. The van der Waals surface area contributed by atoms with E-state index in [2.05, 4.69) is 5.32 Å². The summed E-state index contributed by atoms with van der Waals surface area (Å²) in [4.78, 5) is 25.8. The summed E-state index contributed by atoms with van der Waals surface area (Å²) < 4.78 is 13.9. The first-order valence-electron chi connectivity index (χ1n) is 9.99. The van der Waals surface area contributed by atoms with Crippen molar-refractivity contribution in [2.45, 2.75) is 13.8 Å². The van der Waals surface area contributed by atoms with Crippen molar-refractivity contribution in [3.05, 3.63) is 75.7 Å². The number of ether oxygens (including phenoxy) is 2. The fourth-order valence-electron chi connectivity index (χ4n) is 3.26. The zero-order valence-corrected chi connectivity index (χ0v) is 18.4. The van der Waals surface area contributed by atoms with Crippen LogP contribution < -0.4 is 20.3 Å². The van der Waals surface area contributed by atoms with Crippen LogP contribution in [0, 0.1) is 18.3 Å². The predicted molar refractivity (Wildman–Crippen MR) is 122 cm³/mol. The van der Waals surface area contributed by atoms with Gasteiger partial charge < -0.3 is 14.8 Å². The molecule has 2 aromatic carbocycles. The van der Waals surface area contributed by atoms with E-state index in [1.165, 1.54) is 17.9 Å². The van der Waals surface area contributed by atoms with E-state index >= 15 is 0 Å². The molecule has 1 aromatic heterocycles. The van der Waals surface area contributed by atoms with E-state index in [1.54, 1.807) is 49.0 Å². The summed E-state index contributed by atoms with van der Waals surface area (Å²) in [6.07, 6.45) is 1.44. The van der Waals surface area contributed by atoms with E-state index in [4.69, 9.17) is 9.47 Å². The first-order chi connectivity index (χ1) is 15.4. The van der Waals surface area contributed by atoms with Gasteiger partial charge in [-0.25, -0.2) is 4.68 Å². The number of amides is 1. The molecule has 0 saturated carbocycles. The number of anilines is 1. The maximum atomic E-state index is 13.0. The Hall–Kier alpha value is -4.25. The van der Waals surface area contributed by atoms with Gasteiger partial charge in [0.1, 0.15) is 17.3 Å². The number of carbonyl (C=O) groups excluding carboxylic acids is 1. The molecule has 3 aromatic rings. The highest BCUT2D eigenvalue weighted by Crippen LogP contribution is 2.29. The van der Waals surface area contributed by atoms with Gasteiger partial charge in [0.15, 0.2) is 11.5 Å². The van der Waals surface area contributed by atoms with Crippen molar-refractivity contribution in [2.75, 3.05) is 19.0 Å². The number of hydrogen-bond acceptors (Lipinski definition) is 5. The lowest BCUT2D eigenvalue weighted by Crippen LogP contribution is -2.23. The highest BCUT2D eigenvalue weighted by atomic mass is 16.5. The van der Waals surface area contributed by atoms with Crippen molar-refractivity contribution in [2.24, 2.45) is 7.05 Å². The zero-order valence-electron chi connectivity index (χ0n) is 18.4. The molecule has 8 heteroatoms. The largest absolute Gasteiger partial charge is 0.493 e. The summed E-state index contributed by atoms with van der Waals surface area (Å²) in [7, 11) is 3.26. The topological polar surface area (TPSA) is 98.3 Å². The van der Waals surface area contributed by atoms with Gasteiger partial charge in [-0.1, -0.05) is 24.3 Å². The van der Waals surface area contributed by atoms with Crippen LogP contribution in [-0.2, 0) is 11.8 Å². The number of nitrogens with one attached hydrogen (secondary N) is 1. The van der Waals surface area contributed by atoms with Crippen molar-refractivity contribution >= 4 is 17.7 Å². The van der Waals surface area contributed by atoms with Gasteiger partial charge >= 0.3 is 0 Å². The van der Waals surface area contributed by atoms with Crippen LogP contribution in [0.5, 0.6) is 11.5 Å². The number of hydrogen-bond donors (Lipinski definition) is 1. The molecule has 0 unspecified atom stereocenters. The average molecular weight is 432 g/mol. The molecule has 1 N–H and O–H groups in total. The minimum Gasteiger partial charge on any atom is -0.493 e. The van der Waals surface area contributed by atoms with Gasteiger partial charge in [-0.3, -0.25) is 14.3 Å². The molecule has 32 heavy (non-hydrogen) atoms. The second kappa shape index (κ2) is 9.71. The third-order valence-electron chi connectivity index (χ3n) is 4.96. The lowest BCUT2D eigenvalue weighted by Gasteiger charge is -2.10. The Morgan fingerprint density at radius 3 is 2.53 bits per heavy atom. The normalized spacial score (nSPS) is 11.0. The van der Waals surface area contributed by atoms with Crippen LogP contribution in [-0.4, -0.2) is 29.0 Å². The highest BCUT2D eigenvalue weighted by molar-refractivity contribution is 6.09. The van der Waals surface area contributed by atoms with Crippen LogP contribution in [0.1, 0.15) is 18.2 Å². The van der Waals surface area contributed by atoms with Crippen LogP contribution >= 0.6 is 0 Å². The molecule has 0 fully saturated rings. The number of carbonyl (C=O) groups is 1. The van der Waals surface area contributed by atoms with Crippen LogP contribution in [0.4, 0.5) is 5.69 Å². The fourth-order valence-corrected chi connectivity index (χ4v) is 3.26. The molecule has 1 heterocycles.